The maximum absolute atomic E-state index is 2.58. The van der Waals surface area contributed by atoms with Gasteiger partial charge in [0.1, 0.15) is 7.05 Å². The van der Waals surface area contributed by atoms with Crippen molar-refractivity contribution in [2.24, 2.45) is 12.5 Å². The fourth-order valence-electron chi connectivity index (χ4n) is 7.74. The molecule has 1 heteroatoms. The third-order valence-electron chi connectivity index (χ3n) is 9.84. The van der Waals surface area contributed by atoms with Gasteiger partial charge in [-0.1, -0.05) is 62.4 Å². The largest absolute Gasteiger partial charge is 0.213 e. The molecule has 3 aliphatic rings. The van der Waals surface area contributed by atoms with Gasteiger partial charge in [-0.05, 0) is 119 Å². The van der Waals surface area contributed by atoms with E-state index in [4.69, 9.17) is 0 Å². The molecule has 0 aliphatic heterocycles. The first-order valence-corrected chi connectivity index (χ1v) is 14.2. The van der Waals surface area contributed by atoms with Gasteiger partial charge in [-0.15, -0.1) is 0 Å². The van der Waals surface area contributed by atoms with Gasteiger partial charge >= 0.3 is 0 Å². The van der Waals surface area contributed by atoms with Crippen molar-refractivity contribution in [3.63, 3.8) is 0 Å². The summed E-state index contributed by atoms with van der Waals surface area (Å²) in [5.41, 5.74) is 19.8. The van der Waals surface area contributed by atoms with E-state index in [9.17, 15) is 0 Å². The molecule has 0 radical (unpaired) electrons. The van der Waals surface area contributed by atoms with Gasteiger partial charge in [0.05, 0.1) is 5.56 Å². The standard InChI is InChI=1S/C36H38N/c1-22-21-37(5)32(20-29(22)24-14-16-36(3,4)17-15-24)33-23(2)30-18-25-10-6-8-12-27(25)34(30)35-28-13-9-7-11-26(28)19-31(33)35/h6-13,20-21,24H,14-19H2,1-5H3/q+1. The van der Waals surface area contributed by atoms with Crippen LogP contribution in [0.3, 0.4) is 0 Å². The zero-order valence-electron chi connectivity index (χ0n) is 23.0. The molecular formula is C36H38N+. The summed E-state index contributed by atoms with van der Waals surface area (Å²) in [6.07, 6.45) is 9.74. The molecule has 1 heterocycles. The lowest BCUT2D eigenvalue weighted by Gasteiger charge is -2.35. The molecule has 0 spiro atoms. The smallest absolute Gasteiger partial charge is 0.201 e. The van der Waals surface area contributed by atoms with E-state index in [2.05, 4.69) is 100 Å². The Morgan fingerprint density at radius 1 is 0.757 bits per heavy atom. The van der Waals surface area contributed by atoms with E-state index in [1.165, 1.54) is 92.6 Å². The molecule has 3 aromatic carbocycles. The number of aromatic nitrogens is 1. The number of aryl methyl sites for hydroxylation is 2. The maximum atomic E-state index is 2.58. The van der Waals surface area contributed by atoms with Crippen LogP contribution in [0.4, 0.5) is 0 Å². The lowest BCUT2D eigenvalue weighted by molar-refractivity contribution is -0.660. The molecule has 0 atom stereocenters. The first-order valence-electron chi connectivity index (χ1n) is 14.2. The monoisotopic (exact) mass is 484 g/mol. The normalized spacial score (nSPS) is 17.3. The molecule has 1 fully saturated rings. The molecule has 37 heavy (non-hydrogen) atoms. The van der Waals surface area contributed by atoms with Crippen LogP contribution in [-0.4, -0.2) is 0 Å². The highest BCUT2D eigenvalue weighted by Crippen LogP contribution is 2.54. The van der Waals surface area contributed by atoms with Crippen molar-refractivity contribution in [2.45, 2.75) is 72.1 Å². The average molecular weight is 485 g/mol. The van der Waals surface area contributed by atoms with E-state index < -0.39 is 0 Å². The Hall–Kier alpha value is -3.19. The number of rotatable bonds is 2. The number of hydrogen-bond donors (Lipinski definition) is 0. The molecule has 0 amide bonds. The Morgan fingerprint density at radius 2 is 1.32 bits per heavy atom. The summed E-state index contributed by atoms with van der Waals surface area (Å²) in [4.78, 5) is 0. The van der Waals surface area contributed by atoms with Gasteiger partial charge in [-0.25, -0.2) is 4.57 Å². The maximum Gasteiger partial charge on any atom is 0.213 e. The summed E-state index contributed by atoms with van der Waals surface area (Å²) < 4.78 is 2.41. The fourth-order valence-corrected chi connectivity index (χ4v) is 7.74. The second-order valence-corrected chi connectivity index (χ2v) is 12.7. The first kappa shape index (κ1) is 23.0. The Balaban J connectivity index is 1.46. The van der Waals surface area contributed by atoms with Crippen LogP contribution in [0.15, 0.2) is 60.8 Å². The Labute approximate surface area is 222 Å². The molecule has 0 unspecified atom stereocenters. The molecule has 0 N–H and O–H groups in total. The Morgan fingerprint density at radius 3 is 1.97 bits per heavy atom. The van der Waals surface area contributed by atoms with E-state index in [1.54, 1.807) is 5.56 Å². The predicted molar refractivity (Wildman–Crippen MR) is 154 cm³/mol. The third kappa shape index (κ3) is 3.46. The summed E-state index contributed by atoms with van der Waals surface area (Å²) >= 11 is 0. The predicted octanol–water partition coefficient (Wildman–Crippen LogP) is 8.62. The van der Waals surface area contributed by atoms with E-state index in [-0.39, 0.29) is 0 Å². The van der Waals surface area contributed by atoms with Crippen LogP contribution in [0, 0.1) is 19.3 Å². The van der Waals surface area contributed by atoms with Crippen molar-refractivity contribution in [3.8, 4) is 33.5 Å². The number of pyridine rings is 1. The van der Waals surface area contributed by atoms with Gasteiger partial charge in [0, 0.05) is 11.6 Å². The van der Waals surface area contributed by atoms with E-state index in [0.717, 1.165) is 12.8 Å². The van der Waals surface area contributed by atoms with Crippen LogP contribution in [0.25, 0.3) is 33.5 Å². The Bertz CT molecular complexity index is 1580. The lowest BCUT2D eigenvalue weighted by Crippen LogP contribution is -2.33. The summed E-state index contributed by atoms with van der Waals surface area (Å²) in [6.45, 7) is 9.61. The molecule has 1 nitrogen and oxygen atoms in total. The van der Waals surface area contributed by atoms with Crippen molar-refractivity contribution in [1.29, 1.82) is 0 Å². The topological polar surface area (TPSA) is 3.88 Å². The van der Waals surface area contributed by atoms with Gasteiger partial charge in [0.25, 0.3) is 0 Å². The van der Waals surface area contributed by atoms with E-state index in [0.29, 0.717) is 11.3 Å². The fraction of sp³-hybridized carbons (Fsp3) is 0.361. The van der Waals surface area contributed by atoms with Gasteiger partial charge in [0.15, 0.2) is 6.20 Å². The minimum Gasteiger partial charge on any atom is -0.201 e. The van der Waals surface area contributed by atoms with Gasteiger partial charge < -0.3 is 0 Å². The molecular weight excluding hydrogens is 446 g/mol. The highest BCUT2D eigenvalue weighted by molar-refractivity contribution is 6.00. The van der Waals surface area contributed by atoms with Crippen LogP contribution in [0.1, 0.15) is 84.4 Å². The van der Waals surface area contributed by atoms with Crippen LogP contribution >= 0.6 is 0 Å². The minimum absolute atomic E-state index is 0.491. The molecule has 7 rings (SSSR count). The van der Waals surface area contributed by atoms with Crippen molar-refractivity contribution in [2.75, 3.05) is 0 Å². The summed E-state index contributed by atoms with van der Waals surface area (Å²) in [6, 6.07) is 20.8. The van der Waals surface area contributed by atoms with Gasteiger partial charge in [-0.2, -0.15) is 0 Å². The van der Waals surface area contributed by atoms with Crippen molar-refractivity contribution < 1.29 is 4.57 Å². The second-order valence-electron chi connectivity index (χ2n) is 12.7. The van der Waals surface area contributed by atoms with Crippen molar-refractivity contribution in [1.82, 2.24) is 0 Å². The molecule has 186 valence electrons. The molecule has 4 aromatic rings. The van der Waals surface area contributed by atoms with Crippen LogP contribution in [0.2, 0.25) is 0 Å². The molecule has 3 aliphatic carbocycles. The molecule has 0 bridgehead atoms. The summed E-state index contributed by atoms with van der Waals surface area (Å²) in [5, 5.41) is 0. The SMILES string of the molecule is Cc1c[n+](C)c(-c2c(C)c3c(c4c2Cc2ccccc2-4)-c2ccccc2C3)cc1C1CCC(C)(C)CC1. The zero-order valence-corrected chi connectivity index (χ0v) is 23.0. The van der Waals surface area contributed by atoms with E-state index >= 15 is 0 Å². The van der Waals surface area contributed by atoms with Crippen molar-refractivity contribution >= 4 is 0 Å². The van der Waals surface area contributed by atoms with Crippen LogP contribution < -0.4 is 4.57 Å². The number of benzene rings is 3. The molecule has 0 saturated heterocycles. The number of fused-ring (bicyclic) bond motifs is 7. The number of nitrogens with zero attached hydrogens (tertiary/aromatic N) is 1. The summed E-state index contributed by atoms with van der Waals surface area (Å²) in [5.74, 6) is 0.678. The second kappa shape index (κ2) is 8.15. The average Bonchev–Trinajstić information content (AvgIpc) is 3.44. The zero-order chi connectivity index (χ0) is 25.5. The lowest BCUT2D eigenvalue weighted by atomic mass is 9.70. The third-order valence-corrected chi connectivity index (χ3v) is 9.84. The molecule has 1 saturated carbocycles. The first-order chi connectivity index (χ1) is 17.8. The quantitative estimate of drug-likeness (QED) is 0.217. The highest BCUT2D eigenvalue weighted by atomic mass is 14.9. The molecule has 1 aromatic heterocycles. The van der Waals surface area contributed by atoms with E-state index in [1.807, 2.05) is 0 Å². The Kier molecular flexibility index (Phi) is 5.06. The van der Waals surface area contributed by atoms with Gasteiger partial charge in [-0.3, -0.25) is 0 Å². The van der Waals surface area contributed by atoms with Crippen LogP contribution in [-0.2, 0) is 19.9 Å². The minimum atomic E-state index is 0.491. The van der Waals surface area contributed by atoms with Crippen LogP contribution in [0.5, 0.6) is 0 Å². The van der Waals surface area contributed by atoms with Gasteiger partial charge in [0.2, 0.25) is 5.69 Å². The highest BCUT2D eigenvalue weighted by Gasteiger charge is 2.36. The summed E-state index contributed by atoms with van der Waals surface area (Å²) in [7, 11) is 2.26. The number of hydrogen-bond acceptors (Lipinski definition) is 0. The van der Waals surface area contributed by atoms with Crippen molar-refractivity contribution in [3.05, 3.63) is 99.7 Å².